The van der Waals surface area contributed by atoms with Crippen LogP contribution < -0.4 is 5.32 Å². The van der Waals surface area contributed by atoms with Gasteiger partial charge >= 0.3 is 0 Å². The van der Waals surface area contributed by atoms with Crippen LogP contribution in [0.1, 0.15) is 46.1 Å². The number of carbonyl (C=O) groups is 1. The molecular weight excluding hydrogens is 324 g/mol. The van der Waals surface area contributed by atoms with E-state index < -0.39 is 10.0 Å². The van der Waals surface area contributed by atoms with E-state index in [1.807, 2.05) is 20.8 Å². The molecule has 1 aromatic carbocycles. The van der Waals surface area contributed by atoms with E-state index in [1.54, 1.807) is 30.3 Å². The summed E-state index contributed by atoms with van der Waals surface area (Å²) in [6.07, 6.45) is 5.12. The van der Waals surface area contributed by atoms with E-state index in [-0.39, 0.29) is 16.8 Å². The SMILES string of the molecule is CCCC(C)NC(=O)/C=C/c1ccc(S(=O)(=O)N(CC)CC)cc1. The van der Waals surface area contributed by atoms with E-state index >= 15 is 0 Å². The molecule has 0 heterocycles. The summed E-state index contributed by atoms with van der Waals surface area (Å²) in [6, 6.07) is 6.70. The van der Waals surface area contributed by atoms with Gasteiger partial charge in [-0.3, -0.25) is 4.79 Å². The summed E-state index contributed by atoms with van der Waals surface area (Å²) in [6.45, 7) is 8.56. The molecule has 0 saturated carbocycles. The van der Waals surface area contributed by atoms with Crippen molar-refractivity contribution in [2.75, 3.05) is 13.1 Å². The Kier molecular flexibility index (Phi) is 8.15. The van der Waals surface area contributed by atoms with Gasteiger partial charge in [0.15, 0.2) is 0 Å². The maximum absolute atomic E-state index is 12.4. The van der Waals surface area contributed by atoms with Crippen molar-refractivity contribution in [2.24, 2.45) is 0 Å². The third kappa shape index (κ3) is 5.76. The summed E-state index contributed by atoms with van der Waals surface area (Å²) in [7, 11) is -3.44. The van der Waals surface area contributed by atoms with E-state index in [1.165, 1.54) is 10.4 Å². The van der Waals surface area contributed by atoms with Crippen LogP contribution in [0.3, 0.4) is 0 Å². The maximum Gasteiger partial charge on any atom is 0.244 e. The zero-order valence-corrected chi connectivity index (χ0v) is 15.8. The molecule has 1 amide bonds. The van der Waals surface area contributed by atoms with Gasteiger partial charge in [-0.05, 0) is 37.1 Å². The van der Waals surface area contributed by atoms with Crippen LogP contribution in [0.4, 0.5) is 0 Å². The Hall–Kier alpha value is -1.66. The summed E-state index contributed by atoms with van der Waals surface area (Å²) in [4.78, 5) is 12.1. The number of sulfonamides is 1. The van der Waals surface area contributed by atoms with Gasteiger partial charge < -0.3 is 5.32 Å². The van der Waals surface area contributed by atoms with Crippen LogP contribution in [-0.4, -0.2) is 37.8 Å². The highest BCUT2D eigenvalue weighted by Crippen LogP contribution is 2.16. The van der Waals surface area contributed by atoms with E-state index in [0.717, 1.165) is 18.4 Å². The molecule has 0 bridgehead atoms. The van der Waals surface area contributed by atoms with Crippen LogP contribution in [0, 0.1) is 0 Å². The van der Waals surface area contributed by atoms with Gasteiger partial charge in [-0.1, -0.05) is 39.3 Å². The number of hydrogen-bond acceptors (Lipinski definition) is 3. The molecule has 0 aliphatic carbocycles. The minimum atomic E-state index is -3.44. The highest BCUT2D eigenvalue weighted by molar-refractivity contribution is 7.89. The molecule has 0 spiro atoms. The smallest absolute Gasteiger partial charge is 0.244 e. The van der Waals surface area contributed by atoms with Gasteiger partial charge in [0, 0.05) is 25.2 Å². The van der Waals surface area contributed by atoms with Crippen molar-refractivity contribution in [1.82, 2.24) is 9.62 Å². The molecule has 1 rings (SSSR count). The van der Waals surface area contributed by atoms with Crippen LogP contribution in [-0.2, 0) is 14.8 Å². The highest BCUT2D eigenvalue weighted by atomic mass is 32.2. The number of hydrogen-bond donors (Lipinski definition) is 1. The van der Waals surface area contributed by atoms with Gasteiger partial charge in [0.1, 0.15) is 0 Å². The molecule has 0 fully saturated rings. The van der Waals surface area contributed by atoms with E-state index in [2.05, 4.69) is 12.2 Å². The highest BCUT2D eigenvalue weighted by Gasteiger charge is 2.20. The Labute approximate surface area is 145 Å². The summed E-state index contributed by atoms with van der Waals surface area (Å²) < 4.78 is 26.2. The normalized spacial score (nSPS) is 13.4. The second-order valence-electron chi connectivity index (χ2n) is 5.69. The lowest BCUT2D eigenvalue weighted by Gasteiger charge is -2.18. The topological polar surface area (TPSA) is 66.5 Å². The fourth-order valence-electron chi connectivity index (χ4n) is 2.43. The largest absolute Gasteiger partial charge is 0.350 e. The first-order valence-corrected chi connectivity index (χ1v) is 9.87. The first kappa shape index (κ1) is 20.4. The van der Waals surface area contributed by atoms with Crippen LogP contribution in [0.15, 0.2) is 35.2 Å². The third-order valence-corrected chi connectivity index (χ3v) is 5.82. The van der Waals surface area contributed by atoms with Crippen LogP contribution in [0.2, 0.25) is 0 Å². The Morgan fingerprint density at radius 2 is 1.75 bits per heavy atom. The molecule has 0 aromatic heterocycles. The average Bonchev–Trinajstić information content (AvgIpc) is 2.54. The van der Waals surface area contributed by atoms with Gasteiger partial charge in [-0.25, -0.2) is 8.42 Å². The fraction of sp³-hybridized carbons (Fsp3) is 0.500. The van der Waals surface area contributed by atoms with Gasteiger partial charge in [-0.2, -0.15) is 4.31 Å². The molecule has 6 heteroatoms. The fourth-order valence-corrected chi connectivity index (χ4v) is 3.89. The average molecular weight is 353 g/mol. The molecule has 1 N–H and O–H groups in total. The van der Waals surface area contributed by atoms with Crippen molar-refractivity contribution in [3.05, 3.63) is 35.9 Å². The molecule has 0 aliphatic rings. The minimum Gasteiger partial charge on any atom is -0.350 e. The number of nitrogens with one attached hydrogen (secondary N) is 1. The summed E-state index contributed by atoms with van der Waals surface area (Å²) in [5, 5.41) is 2.89. The van der Waals surface area contributed by atoms with Gasteiger partial charge in [0.25, 0.3) is 0 Å². The lowest BCUT2D eigenvalue weighted by atomic mass is 10.2. The van der Waals surface area contributed by atoms with E-state index in [4.69, 9.17) is 0 Å². The zero-order valence-electron chi connectivity index (χ0n) is 15.0. The first-order chi connectivity index (χ1) is 11.3. The Morgan fingerprint density at radius 3 is 2.25 bits per heavy atom. The Morgan fingerprint density at radius 1 is 1.17 bits per heavy atom. The van der Waals surface area contributed by atoms with Crippen molar-refractivity contribution >= 4 is 22.0 Å². The molecule has 0 saturated heterocycles. The van der Waals surface area contributed by atoms with Crippen LogP contribution >= 0.6 is 0 Å². The number of carbonyl (C=O) groups excluding carboxylic acids is 1. The Bertz CT molecular complexity index is 647. The molecule has 24 heavy (non-hydrogen) atoms. The van der Waals surface area contributed by atoms with E-state index in [0.29, 0.717) is 13.1 Å². The van der Waals surface area contributed by atoms with Crippen molar-refractivity contribution in [3.63, 3.8) is 0 Å². The predicted octanol–water partition coefficient (Wildman–Crippen LogP) is 3.04. The maximum atomic E-state index is 12.4. The number of rotatable bonds is 9. The molecule has 134 valence electrons. The van der Waals surface area contributed by atoms with Crippen molar-refractivity contribution in [3.8, 4) is 0 Å². The third-order valence-electron chi connectivity index (χ3n) is 3.76. The molecule has 0 radical (unpaired) electrons. The quantitative estimate of drug-likeness (QED) is 0.695. The van der Waals surface area contributed by atoms with E-state index in [9.17, 15) is 13.2 Å². The molecule has 5 nitrogen and oxygen atoms in total. The van der Waals surface area contributed by atoms with Crippen molar-refractivity contribution in [2.45, 2.75) is 51.5 Å². The number of benzene rings is 1. The molecular formula is C18H28N2O3S. The molecule has 1 aromatic rings. The van der Waals surface area contributed by atoms with Crippen LogP contribution in [0.25, 0.3) is 6.08 Å². The standard InChI is InChI=1S/C18H28N2O3S/c1-5-8-15(4)19-18(21)14-11-16-9-12-17(13-10-16)24(22,23)20(6-2)7-3/h9-15H,5-8H2,1-4H3,(H,19,21)/b14-11+. The number of nitrogens with zero attached hydrogens (tertiary/aromatic N) is 1. The van der Waals surface area contributed by atoms with Crippen molar-refractivity contribution < 1.29 is 13.2 Å². The zero-order chi connectivity index (χ0) is 18.2. The lowest BCUT2D eigenvalue weighted by molar-refractivity contribution is -0.117. The molecule has 1 unspecified atom stereocenters. The minimum absolute atomic E-state index is 0.143. The summed E-state index contributed by atoms with van der Waals surface area (Å²) in [5.41, 5.74) is 0.784. The molecule has 1 atom stereocenters. The number of amides is 1. The first-order valence-electron chi connectivity index (χ1n) is 8.43. The Balaban J connectivity index is 2.78. The predicted molar refractivity (Wildman–Crippen MR) is 98.1 cm³/mol. The van der Waals surface area contributed by atoms with Crippen LogP contribution in [0.5, 0.6) is 0 Å². The summed E-state index contributed by atoms with van der Waals surface area (Å²) >= 11 is 0. The second kappa shape index (κ2) is 9.59. The van der Waals surface area contributed by atoms with Gasteiger partial charge in [-0.15, -0.1) is 0 Å². The monoisotopic (exact) mass is 352 g/mol. The summed E-state index contributed by atoms with van der Waals surface area (Å²) in [5.74, 6) is -0.143. The lowest BCUT2D eigenvalue weighted by Crippen LogP contribution is -2.30. The second-order valence-corrected chi connectivity index (χ2v) is 7.63. The van der Waals surface area contributed by atoms with Crippen molar-refractivity contribution in [1.29, 1.82) is 0 Å². The van der Waals surface area contributed by atoms with Gasteiger partial charge in [0.05, 0.1) is 4.90 Å². The van der Waals surface area contributed by atoms with Gasteiger partial charge in [0.2, 0.25) is 15.9 Å². The molecule has 0 aliphatic heterocycles.